The normalized spacial score (nSPS) is 23.3. The van der Waals surface area contributed by atoms with E-state index in [1.807, 2.05) is 12.2 Å². The van der Waals surface area contributed by atoms with Crippen LogP contribution < -0.4 is 10.4 Å². The minimum absolute atomic E-state index is 0.140. The Balaban J connectivity index is 2.48. The number of carboxylic acids is 1. The molecule has 4 heteroatoms. The smallest absolute Gasteiger partial charge is 0.224 e. The predicted octanol–water partition coefficient (Wildman–Crippen LogP) is 1.65. The van der Waals surface area contributed by atoms with E-state index in [2.05, 4.69) is 19.2 Å². The topological polar surface area (TPSA) is 69.2 Å². The van der Waals surface area contributed by atoms with Gasteiger partial charge < -0.3 is 15.2 Å². The number of carboxylic acid groups (broad SMARTS) is 1. The van der Waals surface area contributed by atoms with Gasteiger partial charge in [0, 0.05) is 24.3 Å². The van der Waals surface area contributed by atoms with Gasteiger partial charge in [-0.15, -0.1) is 0 Å². The minimum Gasteiger partial charge on any atom is -0.550 e. The summed E-state index contributed by atoms with van der Waals surface area (Å²) in [5.41, 5.74) is 0. The molecule has 0 unspecified atom stereocenters. The van der Waals surface area contributed by atoms with Crippen LogP contribution in [0.3, 0.4) is 0 Å². The first-order valence-electron chi connectivity index (χ1n) is 7.73. The van der Waals surface area contributed by atoms with E-state index in [0.29, 0.717) is 25.3 Å². The summed E-state index contributed by atoms with van der Waals surface area (Å²) in [7, 11) is 0. The maximum atomic E-state index is 12.2. The fourth-order valence-corrected chi connectivity index (χ4v) is 2.68. The third-order valence-electron chi connectivity index (χ3n) is 4.18. The second-order valence-corrected chi connectivity index (χ2v) is 5.64. The molecule has 0 radical (unpaired) electrons. The molecule has 0 aromatic heterocycles. The molecule has 0 bridgehead atoms. The first-order chi connectivity index (χ1) is 9.60. The van der Waals surface area contributed by atoms with Crippen LogP contribution in [0.2, 0.25) is 0 Å². The number of nitrogens with one attached hydrogen (secondary N) is 1. The van der Waals surface area contributed by atoms with Crippen LogP contribution in [0.1, 0.15) is 52.4 Å². The molecular formula is C16H26NO3-. The van der Waals surface area contributed by atoms with Gasteiger partial charge in [-0.3, -0.25) is 4.79 Å². The highest BCUT2D eigenvalue weighted by Gasteiger charge is 2.29. The van der Waals surface area contributed by atoms with Gasteiger partial charge in [0.05, 0.1) is 0 Å². The summed E-state index contributed by atoms with van der Waals surface area (Å²) in [6.07, 6.45) is 9.07. The molecule has 3 atom stereocenters. The van der Waals surface area contributed by atoms with E-state index < -0.39 is 17.8 Å². The number of aliphatic carboxylic acids is 1. The summed E-state index contributed by atoms with van der Waals surface area (Å²) in [6.45, 7) is 4.93. The van der Waals surface area contributed by atoms with Crippen molar-refractivity contribution in [3.05, 3.63) is 12.2 Å². The highest BCUT2D eigenvalue weighted by atomic mass is 16.4. The maximum Gasteiger partial charge on any atom is 0.224 e. The van der Waals surface area contributed by atoms with E-state index in [1.165, 1.54) is 6.42 Å². The average molecular weight is 280 g/mol. The lowest BCUT2D eigenvalue weighted by atomic mass is 9.82. The number of hydrogen-bond acceptors (Lipinski definition) is 3. The quantitative estimate of drug-likeness (QED) is 0.687. The Kier molecular flexibility index (Phi) is 7.34. The third kappa shape index (κ3) is 4.99. The van der Waals surface area contributed by atoms with Gasteiger partial charge in [-0.2, -0.15) is 0 Å². The van der Waals surface area contributed by atoms with Crippen LogP contribution in [-0.4, -0.2) is 18.4 Å². The lowest BCUT2D eigenvalue weighted by Crippen LogP contribution is -2.44. The number of carbonyl (C=O) groups excluding carboxylic acids is 2. The molecule has 0 spiro atoms. The molecule has 0 aromatic rings. The van der Waals surface area contributed by atoms with Gasteiger partial charge >= 0.3 is 0 Å². The molecule has 0 fully saturated rings. The molecule has 1 aliphatic carbocycles. The lowest BCUT2D eigenvalue weighted by Gasteiger charge is -2.28. The largest absolute Gasteiger partial charge is 0.550 e. The van der Waals surface area contributed by atoms with E-state index in [1.54, 1.807) is 0 Å². The highest BCUT2D eigenvalue weighted by molar-refractivity contribution is 5.84. The fourth-order valence-electron chi connectivity index (χ4n) is 2.68. The first kappa shape index (κ1) is 16.7. The summed E-state index contributed by atoms with van der Waals surface area (Å²) in [5.74, 6) is -1.94. The predicted molar refractivity (Wildman–Crippen MR) is 76.7 cm³/mol. The standard InChI is InChI=1S/C16H27NO3/c1-3-5-8-12(4-2)11-17-15(18)13-9-6-7-10-14(13)16(19)20/h6-7,12-14H,3-5,8-11H2,1-2H3,(H,17,18)(H,19,20)/p-1/t12-,13+,14+/m1/s1. The van der Waals surface area contributed by atoms with Crippen molar-refractivity contribution < 1.29 is 14.7 Å². The number of carbonyl (C=O) groups is 2. The Morgan fingerprint density at radius 3 is 2.45 bits per heavy atom. The SMILES string of the molecule is CCCC[C@@H](CC)CNC(=O)[C@H]1CC=CC[C@@H]1C(=O)[O-]. The zero-order chi connectivity index (χ0) is 15.0. The van der Waals surface area contributed by atoms with Gasteiger partial charge in [0.1, 0.15) is 0 Å². The van der Waals surface area contributed by atoms with E-state index in [4.69, 9.17) is 0 Å². The molecule has 0 saturated carbocycles. The van der Waals surface area contributed by atoms with Gasteiger partial charge in [-0.25, -0.2) is 0 Å². The molecule has 0 heterocycles. The van der Waals surface area contributed by atoms with Crippen molar-refractivity contribution in [3.63, 3.8) is 0 Å². The van der Waals surface area contributed by atoms with Crippen molar-refractivity contribution in [3.8, 4) is 0 Å². The number of allylic oxidation sites excluding steroid dienone is 2. The number of hydrogen-bond donors (Lipinski definition) is 1. The monoisotopic (exact) mass is 280 g/mol. The summed E-state index contributed by atoms with van der Waals surface area (Å²) >= 11 is 0. The van der Waals surface area contributed by atoms with Gasteiger partial charge in [0.25, 0.3) is 0 Å². The molecule has 1 N–H and O–H groups in total. The van der Waals surface area contributed by atoms with Crippen molar-refractivity contribution in [2.45, 2.75) is 52.4 Å². The maximum absolute atomic E-state index is 12.2. The Morgan fingerprint density at radius 1 is 1.25 bits per heavy atom. The first-order valence-corrected chi connectivity index (χ1v) is 7.73. The van der Waals surface area contributed by atoms with E-state index in [0.717, 1.165) is 19.3 Å². The minimum atomic E-state index is -1.12. The van der Waals surface area contributed by atoms with Crippen molar-refractivity contribution in [1.82, 2.24) is 5.32 Å². The molecular weight excluding hydrogens is 254 g/mol. The second kappa shape index (κ2) is 8.77. The summed E-state index contributed by atoms with van der Waals surface area (Å²) in [5, 5.41) is 14.0. The molecule has 1 aliphatic rings. The molecule has 4 nitrogen and oxygen atoms in total. The molecule has 0 saturated heterocycles. The number of amides is 1. The van der Waals surface area contributed by atoms with Crippen LogP contribution in [0.4, 0.5) is 0 Å². The second-order valence-electron chi connectivity index (χ2n) is 5.64. The molecule has 0 aromatic carbocycles. The number of unbranched alkanes of at least 4 members (excludes halogenated alkanes) is 1. The fraction of sp³-hybridized carbons (Fsp3) is 0.750. The van der Waals surface area contributed by atoms with Crippen LogP contribution in [0.25, 0.3) is 0 Å². The van der Waals surface area contributed by atoms with Gasteiger partial charge in [0.2, 0.25) is 5.91 Å². The molecule has 114 valence electrons. The summed E-state index contributed by atoms with van der Waals surface area (Å²) < 4.78 is 0. The average Bonchev–Trinajstić information content (AvgIpc) is 2.47. The number of rotatable bonds is 8. The van der Waals surface area contributed by atoms with E-state index in [-0.39, 0.29) is 5.91 Å². The molecule has 1 amide bonds. The van der Waals surface area contributed by atoms with Gasteiger partial charge in [0.15, 0.2) is 0 Å². The Hall–Kier alpha value is -1.32. The summed E-state index contributed by atoms with van der Waals surface area (Å²) in [4.78, 5) is 23.3. The zero-order valence-electron chi connectivity index (χ0n) is 12.6. The van der Waals surface area contributed by atoms with Crippen molar-refractivity contribution in [2.75, 3.05) is 6.54 Å². The van der Waals surface area contributed by atoms with Crippen LogP contribution >= 0.6 is 0 Å². The molecule has 20 heavy (non-hydrogen) atoms. The van der Waals surface area contributed by atoms with Crippen LogP contribution in [0.15, 0.2) is 12.2 Å². The van der Waals surface area contributed by atoms with E-state index >= 15 is 0 Å². The molecule has 0 aliphatic heterocycles. The zero-order valence-corrected chi connectivity index (χ0v) is 12.6. The van der Waals surface area contributed by atoms with Crippen LogP contribution in [0, 0.1) is 17.8 Å². The van der Waals surface area contributed by atoms with Gasteiger partial charge in [-0.1, -0.05) is 45.3 Å². The summed E-state index contributed by atoms with van der Waals surface area (Å²) in [6, 6.07) is 0. The Labute approximate surface area is 121 Å². The van der Waals surface area contributed by atoms with E-state index in [9.17, 15) is 14.7 Å². The van der Waals surface area contributed by atoms with Crippen LogP contribution in [0.5, 0.6) is 0 Å². The van der Waals surface area contributed by atoms with Crippen LogP contribution in [-0.2, 0) is 9.59 Å². The van der Waals surface area contributed by atoms with Crippen molar-refractivity contribution >= 4 is 11.9 Å². The Morgan fingerprint density at radius 2 is 1.90 bits per heavy atom. The molecule has 1 rings (SSSR count). The highest BCUT2D eigenvalue weighted by Crippen LogP contribution is 2.25. The van der Waals surface area contributed by atoms with Crippen molar-refractivity contribution in [2.24, 2.45) is 17.8 Å². The Bertz CT molecular complexity index is 352. The lowest BCUT2D eigenvalue weighted by molar-refractivity contribution is -0.313. The van der Waals surface area contributed by atoms with Crippen molar-refractivity contribution in [1.29, 1.82) is 0 Å². The van der Waals surface area contributed by atoms with Gasteiger partial charge in [-0.05, 0) is 25.2 Å². The third-order valence-corrected chi connectivity index (χ3v) is 4.18.